The first-order valence-corrected chi connectivity index (χ1v) is 9.01. The van der Waals surface area contributed by atoms with Gasteiger partial charge in [-0.1, -0.05) is 0 Å². The molecule has 0 saturated carbocycles. The van der Waals surface area contributed by atoms with Crippen molar-refractivity contribution >= 4 is 5.91 Å². The van der Waals surface area contributed by atoms with Crippen molar-refractivity contribution in [2.45, 2.75) is 32.4 Å². The molecule has 3 aromatic rings. The first-order valence-electron chi connectivity index (χ1n) is 9.01. The normalized spacial score (nSPS) is 12.8. The summed E-state index contributed by atoms with van der Waals surface area (Å²) in [6.07, 6.45) is 6.37. The second-order valence-corrected chi connectivity index (χ2v) is 6.68. The van der Waals surface area contributed by atoms with E-state index < -0.39 is 0 Å². The lowest BCUT2D eigenvalue weighted by Gasteiger charge is -2.21. The van der Waals surface area contributed by atoms with Crippen LogP contribution in [0.5, 0.6) is 5.88 Å². The minimum Gasteiger partial charge on any atom is -0.481 e. The summed E-state index contributed by atoms with van der Waals surface area (Å²) in [6.45, 7) is 0.817. The van der Waals surface area contributed by atoms with E-state index in [-0.39, 0.29) is 5.91 Å². The molecule has 7 heteroatoms. The second-order valence-electron chi connectivity index (χ2n) is 6.68. The molecule has 3 heterocycles. The molecular formula is C20H22N4O3. The number of aromatic nitrogens is 3. The van der Waals surface area contributed by atoms with Crippen molar-refractivity contribution in [1.29, 1.82) is 0 Å². The maximum Gasteiger partial charge on any atom is 0.256 e. The van der Waals surface area contributed by atoms with Crippen LogP contribution in [0.2, 0.25) is 0 Å². The van der Waals surface area contributed by atoms with Gasteiger partial charge in [0.1, 0.15) is 5.76 Å². The lowest BCUT2D eigenvalue weighted by Crippen LogP contribution is -2.30. The van der Waals surface area contributed by atoms with Crippen molar-refractivity contribution < 1.29 is 13.9 Å². The van der Waals surface area contributed by atoms with E-state index in [0.717, 1.165) is 30.7 Å². The van der Waals surface area contributed by atoms with E-state index in [0.29, 0.717) is 24.5 Å². The van der Waals surface area contributed by atoms with Crippen molar-refractivity contribution in [3.8, 4) is 5.88 Å². The van der Waals surface area contributed by atoms with Crippen molar-refractivity contribution in [3.63, 3.8) is 0 Å². The number of nitrogens with zero attached hydrogens (tertiary/aromatic N) is 4. The lowest BCUT2D eigenvalue weighted by molar-refractivity contribution is 0.0714. The van der Waals surface area contributed by atoms with Crippen LogP contribution in [0.4, 0.5) is 0 Å². The molecule has 7 nitrogen and oxygen atoms in total. The largest absolute Gasteiger partial charge is 0.481 e. The van der Waals surface area contributed by atoms with Crippen molar-refractivity contribution in [2.24, 2.45) is 7.05 Å². The molecule has 0 unspecified atom stereocenters. The average molecular weight is 366 g/mol. The highest BCUT2D eigenvalue weighted by molar-refractivity contribution is 5.93. The van der Waals surface area contributed by atoms with Gasteiger partial charge in [0, 0.05) is 25.0 Å². The fourth-order valence-electron chi connectivity index (χ4n) is 3.61. The summed E-state index contributed by atoms with van der Waals surface area (Å²) in [4.78, 5) is 19.1. The van der Waals surface area contributed by atoms with Gasteiger partial charge in [-0.3, -0.25) is 9.48 Å². The van der Waals surface area contributed by atoms with E-state index in [2.05, 4.69) is 10.1 Å². The molecule has 0 spiro atoms. The molecule has 0 saturated heterocycles. The van der Waals surface area contributed by atoms with Gasteiger partial charge >= 0.3 is 0 Å². The Labute approximate surface area is 157 Å². The van der Waals surface area contributed by atoms with Crippen molar-refractivity contribution in [3.05, 3.63) is 65.0 Å². The summed E-state index contributed by atoms with van der Waals surface area (Å²) < 4.78 is 12.5. The van der Waals surface area contributed by atoms with Gasteiger partial charge in [-0.2, -0.15) is 5.10 Å². The number of carbonyl (C=O) groups excluding carboxylic acids is 1. The molecule has 0 fully saturated rings. The molecule has 27 heavy (non-hydrogen) atoms. The summed E-state index contributed by atoms with van der Waals surface area (Å²) in [5.41, 5.74) is 4.03. The fraction of sp³-hybridized carbons (Fsp3) is 0.350. The van der Waals surface area contributed by atoms with Gasteiger partial charge in [-0.05, 0) is 43.0 Å². The first kappa shape index (κ1) is 17.3. The Morgan fingerprint density at radius 2 is 2.19 bits per heavy atom. The molecule has 0 bridgehead atoms. The summed E-state index contributed by atoms with van der Waals surface area (Å²) in [6, 6.07) is 7.11. The third-order valence-corrected chi connectivity index (χ3v) is 4.95. The summed E-state index contributed by atoms with van der Waals surface area (Å²) in [5, 5.41) is 4.66. The molecule has 1 aliphatic carbocycles. The number of carbonyl (C=O) groups is 1. The van der Waals surface area contributed by atoms with E-state index >= 15 is 0 Å². The number of methoxy groups -OCH3 is 1. The Kier molecular flexibility index (Phi) is 4.66. The molecule has 0 aromatic carbocycles. The predicted molar refractivity (Wildman–Crippen MR) is 98.3 cm³/mol. The van der Waals surface area contributed by atoms with Crippen LogP contribution in [0.25, 0.3) is 0 Å². The van der Waals surface area contributed by atoms with E-state index in [1.165, 1.54) is 11.3 Å². The number of rotatable bonds is 6. The smallest absolute Gasteiger partial charge is 0.256 e. The van der Waals surface area contributed by atoms with Crippen LogP contribution in [-0.2, 0) is 33.0 Å². The monoisotopic (exact) mass is 366 g/mol. The quantitative estimate of drug-likeness (QED) is 0.671. The van der Waals surface area contributed by atoms with Gasteiger partial charge < -0.3 is 14.1 Å². The zero-order chi connectivity index (χ0) is 18.8. The summed E-state index contributed by atoms with van der Waals surface area (Å²) in [7, 11) is 3.52. The number of fused-ring (bicyclic) bond motifs is 1. The Morgan fingerprint density at radius 1 is 1.30 bits per heavy atom. The van der Waals surface area contributed by atoms with Crippen LogP contribution in [0, 0.1) is 0 Å². The van der Waals surface area contributed by atoms with Crippen LogP contribution >= 0.6 is 0 Å². The molecule has 3 aromatic heterocycles. The van der Waals surface area contributed by atoms with Gasteiger partial charge in [0.2, 0.25) is 5.88 Å². The Bertz CT molecular complexity index is 929. The minimum absolute atomic E-state index is 0.112. The number of hydrogen-bond donors (Lipinski definition) is 0. The van der Waals surface area contributed by atoms with E-state index in [1.54, 1.807) is 36.6 Å². The number of aryl methyl sites for hydroxylation is 1. The highest BCUT2D eigenvalue weighted by Crippen LogP contribution is 2.26. The minimum atomic E-state index is -0.112. The van der Waals surface area contributed by atoms with Crippen molar-refractivity contribution in [1.82, 2.24) is 19.7 Å². The number of ether oxygens (including phenoxy) is 1. The third kappa shape index (κ3) is 3.45. The summed E-state index contributed by atoms with van der Waals surface area (Å²) >= 11 is 0. The topological polar surface area (TPSA) is 73.4 Å². The number of amides is 1. The van der Waals surface area contributed by atoms with Gasteiger partial charge in [0.25, 0.3) is 5.91 Å². The van der Waals surface area contributed by atoms with Crippen LogP contribution < -0.4 is 4.74 Å². The van der Waals surface area contributed by atoms with Crippen LogP contribution in [0.3, 0.4) is 0 Å². The number of pyridine rings is 1. The highest BCUT2D eigenvalue weighted by Gasteiger charge is 2.25. The van der Waals surface area contributed by atoms with Crippen molar-refractivity contribution in [2.75, 3.05) is 7.11 Å². The SMILES string of the molecule is COc1ccc(C(=O)N(Cc2ccco2)Cc2nn(C)c3c2CCC3)cn1. The van der Waals surface area contributed by atoms with E-state index in [4.69, 9.17) is 9.15 Å². The van der Waals surface area contributed by atoms with Crippen LogP contribution in [0.1, 0.15) is 39.5 Å². The molecule has 0 aliphatic heterocycles. The standard InChI is InChI=1S/C20H22N4O3/c1-23-18-7-3-6-16(18)17(22-23)13-24(12-15-5-4-10-27-15)20(25)14-8-9-19(26-2)21-11-14/h4-5,8-11H,3,6-7,12-13H2,1-2H3. The van der Waals surface area contributed by atoms with Gasteiger partial charge in [0.05, 0.1) is 37.7 Å². The fourth-order valence-corrected chi connectivity index (χ4v) is 3.61. The predicted octanol–water partition coefficient (Wildman–Crippen LogP) is 2.75. The summed E-state index contributed by atoms with van der Waals surface area (Å²) in [5.74, 6) is 1.10. The molecule has 1 aliphatic rings. The molecule has 1 amide bonds. The maximum absolute atomic E-state index is 13.2. The van der Waals surface area contributed by atoms with Gasteiger partial charge in [0.15, 0.2) is 0 Å². The number of furan rings is 1. The molecular weight excluding hydrogens is 344 g/mol. The number of hydrogen-bond acceptors (Lipinski definition) is 5. The van der Waals surface area contributed by atoms with Crippen LogP contribution in [-0.4, -0.2) is 32.7 Å². The Hall–Kier alpha value is -3.09. The molecule has 0 atom stereocenters. The second kappa shape index (κ2) is 7.26. The first-order chi connectivity index (χ1) is 13.2. The zero-order valence-corrected chi connectivity index (χ0v) is 15.5. The van der Waals surface area contributed by atoms with Crippen LogP contribution in [0.15, 0.2) is 41.1 Å². The van der Waals surface area contributed by atoms with E-state index in [1.807, 2.05) is 23.9 Å². The highest BCUT2D eigenvalue weighted by atomic mass is 16.5. The lowest BCUT2D eigenvalue weighted by atomic mass is 10.1. The third-order valence-electron chi connectivity index (χ3n) is 4.95. The Morgan fingerprint density at radius 3 is 2.89 bits per heavy atom. The average Bonchev–Trinajstić information content (AvgIpc) is 3.42. The zero-order valence-electron chi connectivity index (χ0n) is 15.5. The molecule has 0 radical (unpaired) electrons. The van der Waals surface area contributed by atoms with Gasteiger partial charge in [-0.25, -0.2) is 4.98 Å². The van der Waals surface area contributed by atoms with Gasteiger partial charge in [-0.15, -0.1) is 0 Å². The molecule has 140 valence electrons. The maximum atomic E-state index is 13.2. The van der Waals surface area contributed by atoms with E-state index in [9.17, 15) is 4.79 Å². The molecule has 0 N–H and O–H groups in total. The Balaban J connectivity index is 1.62. The molecule has 4 rings (SSSR count).